The Hall–Kier alpha value is -4.44. The van der Waals surface area contributed by atoms with E-state index in [9.17, 15) is 24.3 Å². The molecule has 2 aliphatic rings. The summed E-state index contributed by atoms with van der Waals surface area (Å²) >= 11 is 0. The van der Waals surface area contributed by atoms with E-state index in [4.69, 9.17) is 9.47 Å². The summed E-state index contributed by atoms with van der Waals surface area (Å²) in [6.45, 7) is 7.67. The maximum absolute atomic E-state index is 13.7. The number of rotatable bonds is 15. The first-order valence-electron chi connectivity index (χ1n) is 15.9. The Morgan fingerprint density at radius 3 is 2.30 bits per heavy atom. The summed E-state index contributed by atoms with van der Waals surface area (Å²) in [7, 11) is 0. The molecule has 2 aromatic carbocycles. The van der Waals surface area contributed by atoms with Crippen LogP contribution in [0.3, 0.4) is 0 Å². The second-order valence-electron chi connectivity index (χ2n) is 12.1. The van der Waals surface area contributed by atoms with Crippen LogP contribution in [0, 0.1) is 5.92 Å². The van der Waals surface area contributed by atoms with Crippen molar-refractivity contribution >= 4 is 23.9 Å². The van der Waals surface area contributed by atoms with Gasteiger partial charge in [-0.2, -0.15) is 0 Å². The van der Waals surface area contributed by atoms with Crippen LogP contribution >= 0.6 is 0 Å². The van der Waals surface area contributed by atoms with Gasteiger partial charge in [-0.3, -0.25) is 9.59 Å². The number of amides is 3. The third-order valence-electron chi connectivity index (χ3n) is 8.76. The number of fused-ring (bicyclic) bond motifs is 1. The fraction of sp³-hybridized carbons (Fsp3) is 0.444. The molecule has 10 heteroatoms. The van der Waals surface area contributed by atoms with Gasteiger partial charge in [-0.1, -0.05) is 79.6 Å². The lowest BCUT2D eigenvalue weighted by atomic mass is 9.91. The fourth-order valence-electron chi connectivity index (χ4n) is 6.17. The molecular formula is C36H45N3O7. The molecule has 3 amide bonds. The minimum Gasteiger partial charge on any atom is -0.462 e. The van der Waals surface area contributed by atoms with Crippen molar-refractivity contribution in [3.63, 3.8) is 0 Å². The molecule has 1 aliphatic heterocycles. The first-order chi connectivity index (χ1) is 22.3. The quantitative estimate of drug-likeness (QED) is 0.197. The van der Waals surface area contributed by atoms with Gasteiger partial charge in [0.1, 0.15) is 19.3 Å². The Morgan fingerprint density at radius 1 is 0.957 bits per heavy atom. The molecule has 1 saturated carbocycles. The number of hydrogen-bond acceptors (Lipinski definition) is 7. The summed E-state index contributed by atoms with van der Waals surface area (Å²) < 4.78 is 11.0. The second-order valence-corrected chi connectivity index (χ2v) is 12.1. The molecule has 0 aromatic heterocycles. The van der Waals surface area contributed by atoms with Crippen molar-refractivity contribution in [2.75, 3.05) is 13.2 Å². The zero-order chi connectivity index (χ0) is 32.9. The Balaban J connectivity index is 1.35. The number of ether oxygens (including phenoxy) is 2. The standard InChI is InChI=1S/C36H45N3O7/c1-3-12-28(21-32(41)39-22-29-17-9-8-16-27(29)20-30(39)23-40)33(42)38-36(18-10-11-19-36)25-46-34(43)31(13-4-2)37-35(44)45-24-26-14-6-5-7-15-26/h3-9,14-17,28,30-31,40H,1-2,10-13,18-25H2,(H,37,44)(H,38,42). The number of esters is 1. The third-order valence-corrected chi connectivity index (χ3v) is 8.76. The molecule has 1 fully saturated rings. The second kappa shape index (κ2) is 16.7. The lowest BCUT2D eigenvalue weighted by Gasteiger charge is -2.37. The fourth-order valence-corrected chi connectivity index (χ4v) is 6.17. The molecule has 246 valence electrons. The number of aliphatic hydroxyl groups is 1. The maximum Gasteiger partial charge on any atom is 0.408 e. The Kier molecular flexibility index (Phi) is 12.5. The van der Waals surface area contributed by atoms with Crippen LogP contribution in [-0.4, -0.2) is 64.7 Å². The highest BCUT2D eigenvalue weighted by molar-refractivity contribution is 5.87. The Labute approximate surface area is 270 Å². The molecule has 3 N–H and O–H groups in total. The summed E-state index contributed by atoms with van der Waals surface area (Å²) in [5, 5.41) is 15.7. The highest BCUT2D eigenvalue weighted by Crippen LogP contribution is 2.32. The van der Waals surface area contributed by atoms with Crippen LogP contribution in [0.25, 0.3) is 0 Å². The molecule has 4 rings (SSSR count). The molecule has 0 saturated heterocycles. The first-order valence-corrected chi connectivity index (χ1v) is 15.9. The number of hydrogen-bond donors (Lipinski definition) is 3. The topological polar surface area (TPSA) is 134 Å². The van der Waals surface area contributed by atoms with E-state index in [2.05, 4.69) is 23.8 Å². The maximum atomic E-state index is 13.7. The highest BCUT2D eigenvalue weighted by Gasteiger charge is 2.40. The molecular weight excluding hydrogens is 586 g/mol. The third kappa shape index (κ3) is 9.29. The number of benzene rings is 2. The van der Waals surface area contributed by atoms with Crippen LogP contribution in [0.2, 0.25) is 0 Å². The zero-order valence-electron chi connectivity index (χ0n) is 26.3. The smallest absolute Gasteiger partial charge is 0.408 e. The Morgan fingerprint density at radius 2 is 1.63 bits per heavy atom. The molecule has 1 aliphatic carbocycles. The molecule has 1 heterocycles. The van der Waals surface area contributed by atoms with Gasteiger partial charge in [-0.05, 0) is 48.8 Å². The van der Waals surface area contributed by atoms with E-state index in [1.807, 2.05) is 54.6 Å². The molecule has 2 aromatic rings. The van der Waals surface area contributed by atoms with Gasteiger partial charge in [0.25, 0.3) is 0 Å². The number of carbonyl (C=O) groups is 4. The zero-order valence-corrected chi connectivity index (χ0v) is 26.3. The van der Waals surface area contributed by atoms with Crippen LogP contribution in [0.1, 0.15) is 61.6 Å². The number of carbonyl (C=O) groups excluding carboxylic acids is 4. The van der Waals surface area contributed by atoms with Gasteiger partial charge >= 0.3 is 12.1 Å². The summed E-state index contributed by atoms with van der Waals surface area (Å²) in [6.07, 6.45) is 6.21. The van der Waals surface area contributed by atoms with Gasteiger partial charge in [0.15, 0.2) is 0 Å². The normalized spacial score (nSPS) is 17.9. The van der Waals surface area contributed by atoms with Crippen LogP contribution in [-0.2, 0) is 43.4 Å². The van der Waals surface area contributed by atoms with Gasteiger partial charge in [0.05, 0.1) is 24.1 Å². The molecule has 10 nitrogen and oxygen atoms in total. The summed E-state index contributed by atoms with van der Waals surface area (Å²) in [6, 6.07) is 15.7. The van der Waals surface area contributed by atoms with E-state index < -0.39 is 29.6 Å². The van der Waals surface area contributed by atoms with Crippen molar-refractivity contribution in [3.05, 3.63) is 96.6 Å². The van der Waals surface area contributed by atoms with E-state index in [1.165, 1.54) is 6.08 Å². The molecule has 3 unspecified atom stereocenters. The predicted octanol–water partition coefficient (Wildman–Crippen LogP) is 4.36. The van der Waals surface area contributed by atoms with Crippen molar-refractivity contribution in [1.29, 1.82) is 0 Å². The van der Waals surface area contributed by atoms with E-state index in [0.717, 1.165) is 29.5 Å². The largest absolute Gasteiger partial charge is 0.462 e. The molecule has 3 atom stereocenters. The van der Waals surface area contributed by atoms with Gasteiger partial charge in [-0.25, -0.2) is 9.59 Å². The molecule has 0 spiro atoms. The van der Waals surface area contributed by atoms with Crippen LogP contribution in [0.15, 0.2) is 79.9 Å². The van der Waals surface area contributed by atoms with Crippen LogP contribution in [0.4, 0.5) is 4.79 Å². The summed E-state index contributed by atoms with van der Waals surface area (Å²) in [5.41, 5.74) is 2.16. The highest BCUT2D eigenvalue weighted by atomic mass is 16.6. The van der Waals surface area contributed by atoms with Gasteiger partial charge in [-0.15, -0.1) is 13.2 Å². The molecule has 0 radical (unpaired) electrons. The Bertz CT molecular complexity index is 1370. The van der Waals surface area contributed by atoms with Crippen molar-refractivity contribution in [1.82, 2.24) is 15.5 Å². The summed E-state index contributed by atoms with van der Waals surface area (Å²) in [5.74, 6) is -1.85. The lowest BCUT2D eigenvalue weighted by Crippen LogP contribution is -2.54. The first kappa shape index (κ1) is 34.4. The monoisotopic (exact) mass is 631 g/mol. The number of allylic oxidation sites excluding steroid dienone is 1. The molecule has 46 heavy (non-hydrogen) atoms. The van der Waals surface area contributed by atoms with Gasteiger partial charge in [0.2, 0.25) is 11.8 Å². The lowest BCUT2D eigenvalue weighted by molar-refractivity contribution is -0.149. The van der Waals surface area contributed by atoms with E-state index in [1.54, 1.807) is 11.0 Å². The number of alkyl carbamates (subject to hydrolysis) is 1. The van der Waals surface area contributed by atoms with Crippen molar-refractivity contribution in [3.8, 4) is 0 Å². The average molecular weight is 632 g/mol. The van der Waals surface area contributed by atoms with Crippen molar-refractivity contribution in [2.45, 2.75) is 82.1 Å². The van der Waals surface area contributed by atoms with E-state index in [0.29, 0.717) is 25.8 Å². The van der Waals surface area contributed by atoms with Crippen molar-refractivity contribution in [2.24, 2.45) is 5.92 Å². The predicted molar refractivity (Wildman–Crippen MR) is 173 cm³/mol. The number of nitrogens with one attached hydrogen (secondary N) is 2. The SMILES string of the molecule is C=CCC(CC(=O)N1Cc2ccccc2CC1CO)C(=O)NC1(COC(=O)C(CC=C)NC(=O)OCc2ccccc2)CCCC1. The van der Waals surface area contributed by atoms with E-state index in [-0.39, 0.29) is 56.9 Å². The van der Waals surface area contributed by atoms with Crippen LogP contribution < -0.4 is 10.6 Å². The molecule has 0 bridgehead atoms. The van der Waals surface area contributed by atoms with Gasteiger partial charge < -0.3 is 30.1 Å². The van der Waals surface area contributed by atoms with E-state index >= 15 is 0 Å². The average Bonchev–Trinajstić information content (AvgIpc) is 3.53. The summed E-state index contributed by atoms with van der Waals surface area (Å²) in [4.78, 5) is 54.4. The number of nitrogens with zero attached hydrogens (tertiary/aromatic N) is 1. The number of aliphatic hydroxyl groups excluding tert-OH is 1. The minimum absolute atomic E-state index is 0.0389. The van der Waals surface area contributed by atoms with Crippen molar-refractivity contribution < 1.29 is 33.8 Å². The minimum atomic E-state index is -1.00. The van der Waals surface area contributed by atoms with Gasteiger partial charge in [0, 0.05) is 13.0 Å². The van der Waals surface area contributed by atoms with Crippen LogP contribution in [0.5, 0.6) is 0 Å².